The first-order valence-electron chi connectivity index (χ1n) is 8.21. The Labute approximate surface area is 139 Å². The maximum Gasteiger partial charge on any atom is 0.220 e. The molecule has 1 amide bonds. The first-order valence-corrected chi connectivity index (χ1v) is 10.3. The normalized spacial score (nSPS) is 20.4. The fourth-order valence-corrected chi connectivity index (χ4v) is 3.90. The van der Waals surface area contributed by atoms with Gasteiger partial charge in [0.05, 0.1) is 11.8 Å². The zero-order chi connectivity index (χ0) is 17.1. The second-order valence-electron chi connectivity index (χ2n) is 7.42. The van der Waals surface area contributed by atoms with Crippen LogP contribution in [0.1, 0.15) is 56.7 Å². The third-order valence-electron chi connectivity index (χ3n) is 4.51. The van der Waals surface area contributed by atoms with Gasteiger partial charge in [-0.1, -0.05) is 38.1 Å². The van der Waals surface area contributed by atoms with Crippen LogP contribution in [0, 0.1) is 5.41 Å². The number of carbonyl (C=O) groups excluding carboxylic acids is 1. The fraction of sp³-hybridized carbons (Fsp3) is 0.611. The number of sulfone groups is 1. The summed E-state index contributed by atoms with van der Waals surface area (Å²) in [5.74, 6) is -0.00108. The highest BCUT2D eigenvalue weighted by molar-refractivity contribution is 7.90. The maximum absolute atomic E-state index is 12.2. The summed E-state index contributed by atoms with van der Waals surface area (Å²) >= 11 is 0. The molecule has 2 rings (SSSR count). The van der Waals surface area contributed by atoms with Crippen molar-refractivity contribution >= 4 is 15.7 Å². The van der Waals surface area contributed by atoms with Gasteiger partial charge in [-0.15, -0.1) is 0 Å². The lowest BCUT2D eigenvalue weighted by atomic mass is 9.83. The summed E-state index contributed by atoms with van der Waals surface area (Å²) in [6.45, 7) is 4.48. The quantitative estimate of drug-likeness (QED) is 0.840. The largest absolute Gasteiger partial charge is 0.349 e. The van der Waals surface area contributed by atoms with Gasteiger partial charge in [0.25, 0.3) is 0 Å². The molecule has 0 saturated heterocycles. The van der Waals surface area contributed by atoms with Crippen LogP contribution in [0.15, 0.2) is 24.3 Å². The van der Waals surface area contributed by atoms with Crippen LogP contribution >= 0.6 is 0 Å². The minimum absolute atomic E-state index is 0.00873. The Hall–Kier alpha value is -1.36. The van der Waals surface area contributed by atoms with Crippen molar-refractivity contribution in [3.05, 3.63) is 35.4 Å². The van der Waals surface area contributed by atoms with E-state index in [1.54, 1.807) is 0 Å². The lowest BCUT2D eigenvalue weighted by Crippen LogP contribution is -2.31. The molecule has 4 nitrogen and oxygen atoms in total. The van der Waals surface area contributed by atoms with Gasteiger partial charge in [-0.2, -0.15) is 0 Å². The molecule has 0 aliphatic heterocycles. The van der Waals surface area contributed by atoms with Gasteiger partial charge in [-0.25, -0.2) is 8.42 Å². The molecule has 128 valence electrons. The number of hydrogen-bond acceptors (Lipinski definition) is 3. The molecule has 1 aromatic carbocycles. The molecule has 0 radical (unpaired) electrons. The molecule has 0 saturated carbocycles. The summed E-state index contributed by atoms with van der Waals surface area (Å²) in [5.41, 5.74) is 2.68. The lowest BCUT2D eigenvalue weighted by Gasteiger charge is -2.27. The molecule has 0 spiro atoms. The van der Waals surface area contributed by atoms with Gasteiger partial charge in [-0.05, 0) is 42.2 Å². The molecular weight excluding hydrogens is 310 g/mol. The Bertz CT molecular complexity index is 665. The van der Waals surface area contributed by atoms with Crippen LogP contribution in [0.4, 0.5) is 0 Å². The second-order valence-corrected chi connectivity index (χ2v) is 9.68. The Morgan fingerprint density at radius 2 is 2.00 bits per heavy atom. The standard InChI is InChI=1S/C18H27NO3S/c1-18(2)11-10-14-7-4-5-8-15(14)16(13-18)19-17(20)9-6-12-23(3,21)22/h4-5,7-8,16H,6,9-13H2,1-3H3,(H,19,20). The molecule has 1 aliphatic rings. The van der Waals surface area contributed by atoms with Gasteiger partial charge in [0, 0.05) is 12.7 Å². The van der Waals surface area contributed by atoms with Crippen LogP contribution in [0.25, 0.3) is 0 Å². The highest BCUT2D eigenvalue weighted by atomic mass is 32.2. The first kappa shape index (κ1) is 18.0. The zero-order valence-electron chi connectivity index (χ0n) is 14.3. The number of nitrogens with one attached hydrogen (secondary N) is 1. The number of carbonyl (C=O) groups is 1. The third kappa shape index (κ3) is 5.65. The van der Waals surface area contributed by atoms with E-state index in [2.05, 4.69) is 31.3 Å². The van der Waals surface area contributed by atoms with E-state index in [-0.39, 0.29) is 29.5 Å². The van der Waals surface area contributed by atoms with E-state index in [1.807, 2.05) is 12.1 Å². The van der Waals surface area contributed by atoms with Crippen molar-refractivity contribution in [2.24, 2.45) is 5.41 Å². The van der Waals surface area contributed by atoms with E-state index in [4.69, 9.17) is 0 Å². The number of hydrogen-bond donors (Lipinski definition) is 1. The van der Waals surface area contributed by atoms with Gasteiger partial charge in [0.1, 0.15) is 9.84 Å². The summed E-state index contributed by atoms with van der Waals surface area (Å²) in [7, 11) is -3.01. The summed E-state index contributed by atoms with van der Waals surface area (Å²) in [6.07, 6.45) is 4.87. The van der Waals surface area contributed by atoms with Gasteiger partial charge in [0.2, 0.25) is 5.91 Å². The Morgan fingerprint density at radius 1 is 1.30 bits per heavy atom. The van der Waals surface area contributed by atoms with Crippen molar-refractivity contribution < 1.29 is 13.2 Å². The Morgan fingerprint density at radius 3 is 2.70 bits per heavy atom. The van der Waals surface area contributed by atoms with Crippen LogP contribution in [0.2, 0.25) is 0 Å². The van der Waals surface area contributed by atoms with Crippen molar-refractivity contribution in [2.75, 3.05) is 12.0 Å². The van der Waals surface area contributed by atoms with Crippen LogP contribution < -0.4 is 5.32 Å². The number of fused-ring (bicyclic) bond motifs is 1. The molecule has 0 aromatic heterocycles. The number of benzene rings is 1. The molecule has 5 heteroatoms. The van der Waals surface area contributed by atoms with E-state index in [9.17, 15) is 13.2 Å². The molecule has 1 aliphatic carbocycles. The highest BCUT2D eigenvalue weighted by Gasteiger charge is 2.30. The van der Waals surface area contributed by atoms with Crippen molar-refractivity contribution in [3.8, 4) is 0 Å². The average Bonchev–Trinajstić information content (AvgIpc) is 2.55. The zero-order valence-corrected chi connectivity index (χ0v) is 15.1. The minimum atomic E-state index is -3.01. The summed E-state index contributed by atoms with van der Waals surface area (Å²) in [4.78, 5) is 12.2. The maximum atomic E-state index is 12.2. The third-order valence-corrected chi connectivity index (χ3v) is 5.54. The molecule has 1 aromatic rings. The Balaban J connectivity index is 2.06. The molecule has 0 fully saturated rings. The number of aryl methyl sites for hydroxylation is 1. The minimum Gasteiger partial charge on any atom is -0.349 e. The molecule has 0 bridgehead atoms. The molecule has 1 N–H and O–H groups in total. The topological polar surface area (TPSA) is 63.2 Å². The lowest BCUT2D eigenvalue weighted by molar-refractivity contribution is -0.122. The summed E-state index contributed by atoms with van der Waals surface area (Å²) in [5, 5.41) is 3.12. The van der Waals surface area contributed by atoms with E-state index in [1.165, 1.54) is 17.4 Å². The van der Waals surface area contributed by atoms with E-state index < -0.39 is 9.84 Å². The SMILES string of the molecule is CC1(C)CCc2ccccc2C(NC(=O)CCCS(C)(=O)=O)C1. The monoisotopic (exact) mass is 337 g/mol. The number of rotatable bonds is 5. The van der Waals surface area contributed by atoms with Gasteiger partial charge in [0.15, 0.2) is 0 Å². The van der Waals surface area contributed by atoms with Crippen LogP contribution in [-0.4, -0.2) is 26.3 Å². The summed E-state index contributed by atoms with van der Waals surface area (Å²) < 4.78 is 22.3. The van der Waals surface area contributed by atoms with Crippen LogP contribution in [-0.2, 0) is 21.1 Å². The van der Waals surface area contributed by atoms with Crippen LogP contribution in [0.3, 0.4) is 0 Å². The predicted molar refractivity (Wildman–Crippen MR) is 93.0 cm³/mol. The average molecular weight is 337 g/mol. The van der Waals surface area contributed by atoms with E-state index in [0.717, 1.165) is 19.3 Å². The first-order chi connectivity index (χ1) is 10.7. The molecule has 0 heterocycles. The molecule has 23 heavy (non-hydrogen) atoms. The highest BCUT2D eigenvalue weighted by Crippen LogP contribution is 2.39. The molecular formula is C18H27NO3S. The predicted octanol–water partition coefficient (Wildman–Crippen LogP) is 3.03. The van der Waals surface area contributed by atoms with Gasteiger partial charge in [-0.3, -0.25) is 4.79 Å². The van der Waals surface area contributed by atoms with Gasteiger partial charge >= 0.3 is 0 Å². The van der Waals surface area contributed by atoms with Crippen LogP contribution in [0.5, 0.6) is 0 Å². The van der Waals surface area contributed by atoms with E-state index >= 15 is 0 Å². The number of amides is 1. The van der Waals surface area contributed by atoms with E-state index in [0.29, 0.717) is 6.42 Å². The van der Waals surface area contributed by atoms with Crippen molar-refractivity contribution in [3.63, 3.8) is 0 Å². The van der Waals surface area contributed by atoms with Gasteiger partial charge < -0.3 is 5.32 Å². The fourth-order valence-electron chi connectivity index (χ4n) is 3.23. The summed E-state index contributed by atoms with van der Waals surface area (Å²) in [6, 6.07) is 8.30. The van der Waals surface area contributed by atoms with Crippen molar-refractivity contribution in [1.29, 1.82) is 0 Å². The molecule has 1 unspecified atom stereocenters. The molecule has 1 atom stereocenters. The van der Waals surface area contributed by atoms with Crippen molar-refractivity contribution in [1.82, 2.24) is 5.32 Å². The van der Waals surface area contributed by atoms with Crippen molar-refractivity contribution in [2.45, 2.75) is 52.0 Å². The smallest absolute Gasteiger partial charge is 0.220 e. The second kappa shape index (κ2) is 7.04. The Kier molecular flexibility index (Phi) is 5.50.